The van der Waals surface area contributed by atoms with E-state index in [1.165, 1.54) is 21.5 Å². The van der Waals surface area contributed by atoms with Gasteiger partial charge in [-0.15, -0.1) is 0 Å². The lowest BCUT2D eigenvalue weighted by Gasteiger charge is -2.33. The van der Waals surface area contributed by atoms with E-state index in [4.69, 9.17) is 4.42 Å². The van der Waals surface area contributed by atoms with Gasteiger partial charge in [0, 0.05) is 38.9 Å². The first-order chi connectivity index (χ1) is 12.9. The molecule has 0 unspecified atom stereocenters. The van der Waals surface area contributed by atoms with Crippen LogP contribution in [0.1, 0.15) is 16.1 Å². The van der Waals surface area contributed by atoms with Gasteiger partial charge in [-0.05, 0) is 35.9 Å². The van der Waals surface area contributed by atoms with Gasteiger partial charge in [0.1, 0.15) is 0 Å². The Morgan fingerprint density at radius 3 is 2.52 bits per heavy atom. The summed E-state index contributed by atoms with van der Waals surface area (Å²) >= 11 is 0. The molecule has 1 aromatic heterocycles. The quantitative estimate of drug-likeness (QED) is 0.779. The fraction of sp³-hybridized carbons (Fsp3) is 0.333. The van der Waals surface area contributed by atoms with E-state index in [1.54, 1.807) is 36.2 Å². The van der Waals surface area contributed by atoms with Crippen LogP contribution < -0.4 is 4.90 Å². The Hall–Kier alpha value is -2.65. The summed E-state index contributed by atoms with van der Waals surface area (Å²) in [5.41, 5.74) is 1.46. The van der Waals surface area contributed by atoms with Gasteiger partial charge in [-0.3, -0.25) is 9.59 Å². The summed E-state index contributed by atoms with van der Waals surface area (Å²) < 4.78 is 32.4. The van der Waals surface area contributed by atoms with Crippen molar-refractivity contribution < 1.29 is 22.4 Å². The summed E-state index contributed by atoms with van der Waals surface area (Å²) in [5.74, 6) is -0.0422. The molecule has 0 saturated carbocycles. The first-order valence-electron chi connectivity index (χ1n) is 8.60. The number of hydrogen-bond donors (Lipinski definition) is 0. The third kappa shape index (κ3) is 3.02. The number of benzene rings is 1. The highest BCUT2D eigenvalue weighted by molar-refractivity contribution is 7.89. The normalized spacial score (nSPS) is 18.0. The van der Waals surface area contributed by atoms with Gasteiger partial charge in [0.25, 0.3) is 5.91 Å². The maximum atomic E-state index is 13.0. The minimum absolute atomic E-state index is 0.0513. The van der Waals surface area contributed by atoms with Crippen molar-refractivity contribution in [2.45, 2.75) is 11.3 Å². The standard InChI is InChI=1S/C18H19N3O5S/c1-19-15-5-4-14(11-13(15)12-17(19)22)27(24,25)21-8-6-20(7-9-21)18(23)16-3-2-10-26-16/h2-5,10-11H,6-9,12H2,1H3. The SMILES string of the molecule is CN1C(=O)Cc2cc(S(=O)(=O)N3CCN(C(=O)c4ccco4)CC3)ccc21. The number of hydrogen-bond acceptors (Lipinski definition) is 5. The Balaban J connectivity index is 1.49. The van der Waals surface area contributed by atoms with Crippen LogP contribution in [0.2, 0.25) is 0 Å². The second-order valence-corrected chi connectivity index (χ2v) is 8.53. The molecule has 2 aromatic rings. The van der Waals surface area contributed by atoms with Gasteiger partial charge in [-0.1, -0.05) is 0 Å². The van der Waals surface area contributed by atoms with Crippen molar-refractivity contribution >= 4 is 27.5 Å². The van der Waals surface area contributed by atoms with Crippen LogP contribution in [0.15, 0.2) is 45.9 Å². The van der Waals surface area contributed by atoms with Crippen LogP contribution in [0.4, 0.5) is 5.69 Å². The van der Waals surface area contributed by atoms with E-state index in [-0.39, 0.29) is 42.0 Å². The van der Waals surface area contributed by atoms with Crippen molar-refractivity contribution in [3.05, 3.63) is 47.9 Å². The Bertz CT molecular complexity index is 992. The van der Waals surface area contributed by atoms with Crippen LogP contribution in [0, 0.1) is 0 Å². The molecule has 0 spiro atoms. The predicted octanol–water partition coefficient (Wildman–Crippen LogP) is 0.945. The topological polar surface area (TPSA) is 91.1 Å². The maximum absolute atomic E-state index is 13.0. The number of sulfonamides is 1. The Kier molecular flexibility index (Phi) is 4.27. The molecule has 0 N–H and O–H groups in total. The molecular formula is C18H19N3O5S. The molecule has 2 amide bonds. The van der Waals surface area contributed by atoms with Gasteiger partial charge in [-0.25, -0.2) is 8.42 Å². The molecule has 2 aliphatic heterocycles. The summed E-state index contributed by atoms with van der Waals surface area (Å²) in [6.07, 6.45) is 1.64. The van der Waals surface area contributed by atoms with Crippen molar-refractivity contribution in [2.24, 2.45) is 0 Å². The van der Waals surface area contributed by atoms with E-state index in [1.807, 2.05) is 0 Å². The zero-order chi connectivity index (χ0) is 19.2. The molecule has 2 aliphatic rings. The van der Waals surface area contributed by atoms with Crippen LogP contribution in [-0.4, -0.2) is 62.7 Å². The lowest BCUT2D eigenvalue weighted by atomic mass is 10.2. The molecule has 8 nitrogen and oxygen atoms in total. The Morgan fingerprint density at radius 1 is 1.11 bits per heavy atom. The van der Waals surface area contributed by atoms with Crippen molar-refractivity contribution in [1.29, 1.82) is 0 Å². The first-order valence-corrected chi connectivity index (χ1v) is 10.0. The van der Waals surface area contributed by atoms with E-state index in [9.17, 15) is 18.0 Å². The number of piperazine rings is 1. The van der Waals surface area contributed by atoms with Crippen molar-refractivity contribution in [3.8, 4) is 0 Å². The molecule has 142 valence electrons. The molecule has 3 heterocycles. The summed E-state index contributed by atoms with van der Waals surface area (Å²) in [4.78, 5) is 27.4. The molecule has 0 radical (unpaired) electrons. The van der Waals surface area contributed by atoms with E-state index in [0.29, 0.717) is 13.1 Å². The zero-order valence-corrected chi connectivity index (χ0v) is 15.6. The maximum Gasteiger partial charge on any atom is 0.289 e. The second kappa shape index (κ2) is 6.50. The molecule has 0 bridgehead atoms. The molecule has 4 rings (SSSR count). The average Bonchev–Trinajstić information content (AvgIpc) is 3.30. The van der Waals surface area contributed by atoms with Gasteiger partial charge >= 0.3 is 0 Å². The number of fused-ring (bicyclic) bond motifs is 1. The monoisotopic (exact) mass is 389 g/mol. The highest BCUT2D eigenvalue weighted by atomic mass is 32.2. The van der Waals surface area contributed by atoms with E-state index in [2.05, 4.69) is 0 Å². The summed E-state index contributed by atoms with van der Waals surface area (Å²) in [5, 5.41) is 0. The zero-order valence-electron chi connectivity index (χ0n) is 14.8. The highest BCUT2D eigenvalue weighted by Gasteiger charge is 2.32. The number of carbonyl (C=O) groups excluding carboxylic acids is 2. The van der Waals surface area contributed by atoms with E-state index < -0.39 is 10.0 Å². The van der Waals surface area contributed by atoms with Crippen LogP contribution in [0.25, 0.3) is 0 Å². The number of rotatable bonds is 3. The van der Waals surface area contributed by atoms with Gasteiger partial charge in [0.15, 0.2) is 5.76 Å². The fourth-order valence-electron chi connectivity index (χ4n) is 3.44. The van der Waals surface area contributed by atoms with Crippen LogP contribution >= 0.6 is 0 Å². The number of amides is 2. The fourth-order valence-corrected chi connectivity index (χ4v) is 4.92. The molecule has 1 aromatic carbocycles. The lowest BCUT2D eigenvalue weighted by Crippen LogP contribution is -2.50. The molecular weight excluding hydrogens is 370 g/mol. The third-order valence-corrected chi connectivity index (χ3v) is 6.92. The Morgan fingerprint density at radius 2 is 1.85 bits per heavy atom. The number of furan rings is 1. The first kappa shape index (κ1) is 17.7. The van der Waals surface area contributed by atoms with Crippen LogP contribution in [-0.2, 0) is 21.2 Å². The molecule has 27 heavy (non-hydrogen) atoms. The minimum atomic E-state index is -3.68. The summed E-state index contributed by atoms with van der Waals surface area (Å²) in [7, 11) is -2.00. The van der Waals surface area contributed by atoms with Crippen molar-refractivity contribution in [2.75, 3.05) is 38.1 Å². The smallest absolute Gasteiger partial charge is 0.289 e. The van der Waals surface area contributed by atoms with Gasteiger partial charge in [0.05, 0.1) is 17.6 Å². The molecule has 0 atom stereocenters. The number of carbonyl (C=O) groups is 2. The van der Waals surface area contributed by atoms with Gasteiger partial charge in [0.2, 0.25) is 15.9 Å². The number of anilines is 1. The van der Waals surface area contributed by atoms with Crippen molar-refractivity contribution in [1.82, 2.24) is 9.21 Å². The molecule has 9 heteroatoms. The minimum Gasteiger partial charge on any atom is -0.459 e. The van der Waals surface area contributed by atoms with Gasteiger partial charge in [-0.2, -0.15) is 4.31 Å². The Labute approximate surface area is 157 Å². The lowest BCUT2D eigenvalue weighted by molar-refractivity contribution is -0.117. The van der Waals surface area contributed by atoms with Crippen LogP contribution in [0.5, 0.6) is 0 Å². The molecule has 1 saturated heterocycles. The largest absolute Gasteiger partial charge is 0.459 e. The number of likely N-dealkylation sites (N-methyl/N-ethyl adjacent to an activating group) is 1. The summed E-state index contributed by atoms with van der Waals surface area (Å²) in [6, 6.07) is 8.01. The molecule has 1 fully saturated rings. The number of nitrogens with zero attached hydrogens (tertiary/aromatic N) is 3. The van der Waals surface area contributed by atoms with Crippen LogP contribution in [0.3, 0.4) is 0 Å². The molecule has 0 aliphatic carbocycles. The van der Waals surface area contributed by atoms with Crippen molar-refractivity contribution in [3.63, 3.8) is 0 Å². The van der Waals surface area contributed by atoms with E-state index >= 15 is 0 Å². The van der Waals surface area contributed by atoms with E-state index in [0.717, 1.165) is 11.3 Å². The third-order valence-electron chi connectivity index (χ3n) is 5.02. The highest BCUT2D eigenvalue weighted by Crippen LogP contribution is 2.31. The second-order valence-electron chi connectivity index (χ2n) is 6.59. The predicted molar refractivity (Wildman–Crippen MR) is 96.9 cm³/mol. The average molecular weight is 389 g/mol. The summed E-state index contributed by atoms with van der Waals surface area (Å²) in [6.45, 7) is 1.02. The van der Waals surface area contributed by atoms with Gasteiger partial charge < -0.3 is 14.2 Å².